The molecule has 0 saturated heterocycles. The maximum absolute atomic E-state index is 12.5. The number of hydrogen-bond acceptors (Lipinski definition) is 5. The quantitative estimate of drug-likeness (QED) is 0.687. The average molecular weight is 385 g/mol. The van der Waals surface area contributed by atoms with E-state index in [4.69, 9.17) is 9.15 Å². The number of carbonyl (C=O) groups is 3. The number of amides is 3. The van der Waals surface area contributed by atoms with Gasteiger partial charge in [-0.05, 0) is 55.2 Å². The largest absolute Gasteiger partial charge is 0.497 e. The van der Waals surface area contributed by atoms with Crippen molar-refractivity contribution < 1.29 is 23.5 Å². The number of hydrogen-bond donors (Lipinski definition) is 2. The number of benzene rings is 1. The van der Waals surface area contributed by atoms with Crippen LogP contribution in [0.3, 0.4) is 0 Å². The van der Waals surface area contributed by atoms with E-state index in [1.54, 1.807) is 43.5 Å². The Bertz CT molecular complexity index is 813. The molecule has 1 aromatic heterocycles. The van der Waals surface area contributed by atoms with Crippen LogP contribution in [0.15, 0.2) is 47.1 Å². The first-order chi connectivity index (χ1) is 13.5. The van der Waals surface area contributed by atoms with Gasteiger partial charge in [-0.1, -0.05) is 0 Å². The highest BCUT2D eigenvalue weighted by molar-refractivity contribution is 5.97. The summed E-state index contributed by atoms with van der Waals surface area (Å²) in [7, 11) is 1.56. The fraction of sp³-hybridized carbons (Fsp3) is 0.350. The van der Waals surface area contributed by atoms with Crippen molar-refractivity contribution in [3.05, 3.63) is 48.4 Å². The molecule has 1 aliphatic rings. The molecule has 0 unspecified atom stereocenters. The van der Waals surface area contributed by atoms with E-state index in [2.05, 4.69) is 10.6 Å². The number of nitrogens with zero attached hydrogens (tertiary/aromatic N) is 1. The molecule has 3 amide bonds. The van der Waals surface area contributed by atoms with Gasteiger partial charge in [-0.25, -0.2) is 0 Å². The van der Waals surface area contributed by atoms with Gasteiger partial charge in [0.2, 0.25) is 11.8 Å². The molecule has 28 heavy (non-hydrogen) atoms. The van der Waals surface area contributed by atoms with Gasteiger partial charge in [0, 0.05) is 12.2 Å². The molecule has 0 bridgehead atoms. The molecule has 2 aromatic rings. The van der Waals surface area contributed by atoms with Gasteiger partial charge >= 0.3 is 0 Å². The van der Waals surface area contributed by atoms with Crippen LogP contribution < -0.4 is 15.4 Å². The molecule has 3 rings (SSSR count). The third kappa shape index (κ3) is 5.60. The Balaban J connectivity index is 1.48. The van der Waals surface area contributed by atoms with Crippen molar-refractivity contribution in [1.29, 1.82) is 0 Å². The highest BCUT2D eigenvalue weighted by Gasteiger charge is 2.29. The van der Waals surface area contributed by atoms with Crippen molar-refractivity contribution in [1.82, 2.24) is 10.2 Å². The van der Waals surface area contributed by atoms with Crippen LogP contribution in [0.1, 0.15) is 23.4 Å². The topological polar surface area (TPSA) is 101 Å². The summed E-state index contributed by atoms with van der Waals surface area (Å²) in [5.74, 6) is 0.226. The number of nitrogens with one attached hydrogen (secondary N) is 2. The van der Waals surface area contributed by atoms with Gasteiger partial charge in [0.1, 0.15) is 5.75 Å². The van der Waals surface area contributed by atoms with Crippen LogP contribution in [0.4, 0.5) is 5.69 Å². The molecule has 1 fully saturated rings. The summed E-state index contributed by atoms with van der Waals surface area (Å²) in [6, 6.07) is 10.1. The van der Waals surface area contributed by atoms with Gasteiger partial charge in [-0.15, -0.1) is 0 Å². The van der Waals surface area contributed by atoms with Crippen molar-refractivity contribution >= 4 is 23.4 Å². The number of rotatable bonds is 9. The van der Waals surface area contributed by atoms with Crippen LogP contribution in [0, 0.1) is 5.92 Å². The van der Waals surface area contributed by atoms with E-state index in [9.17, 15) is 14.4 Å². The minimum absolute atomic E-state index is 0.119. The van der Waals surface area contributed by atoms with Crippen molar-refractivity contribution in [2.24, 2.45) is 5.92 Å². The van der Waals surface area contributed by atoms with E-state index >= 15 is 0 Å². The Hall–Kier alpha value is -3.29. The Morgan fingerprint density at radius 2 is 1.89 bits per heavy atom. The predicted molar refractivity (Wildman–Crippen MR) is 102 cm³/mol. The third-order valence-electron chi connectivity index (χ3n) is 4.35. The summed E-state index contributed by atoms with van der Waals surface area (Å²) < 4.78 is 10.2. The first-order valence-corrected chi connectivity index (χ1v) is 9.08. The first kappa shape index (κ1) is 19.5. The second kappa shape index (κ2) is 9.07. The fourth-order valence-corrected chi connectivity index (χ4v) is 2.68. The smallest absolute Gasteiger partial charge is 0.290 e. The number of furan rings is 1. The minimum atomic E-state index is -0.398. The zero-order chi connectivity index (χ0) is 19.9. The molecule has 1 heterocycles. The second-order valence-corrected chi connectivity index (χ2v) is 6.66. The molecule has 0 atom stereocenters. The van der Waals surface area contributed by atoms with E-state index in [0.717, 1.165) is 12.8 Å². The summed E-state index contributed by atoms with van der Waals surface area (Å²) in [5.41, 5.74) is 0.600. The lowest BCUT2D eigenvalue weighted by molar-refractivity contribution is -0.124. The maximum atomic E-state index is 12.5. The molecular formula is C20H23N3O5. The molecule has 1 saturated carbocycles. The van der Waals surface area contributed by atoms with E-state index < -0.39 is 5.91 Å². The molecule has 0 spiro atoms. The van der Waals surface area contributed by atoms with Gasteiger partial charge in [0.05, 0.1) is 26.5 Å². The Morgan fingerprint density at radius 3 is 2.50 bits per heavy atom. The van der Waals surface area contributed by atoms with Crippen molar-refractivity contribution in [2.75, 3.05) is 32.1 Å². The number of methoxy groups -OCH3 is 1. The van der Waals surface area contributed by atoms with Crippen LogP contribution in [0.2, 0.25) is 0 Å². The summed E-state index contributed by atoms with van der Waals surface area (Å²) in [6.07, 6.45) is 3.52. The van der Waals surface area contributed by atoms with Crippen LogP contribution in [0.5, 0.6) is 5.75 Å². The number of anilines is 1. The SMILES string of the molecule is COc1ccc(NC(=O)CNC(=O)CN(CC2CC2)C(=O)c2ccco2)cc1. The molecule has 8 nitrogen and oxygen atoms in total. The normalized spacial score (nSPS) is 12.9. The maximum Gasteiger partial charge on any atom is 0.290 e. The molecule has 1 aromatic carbocycles. The molecule has 148 valence electrons. The van der Waals surface area contributed by atoms with Crippen LogP contribution >= 0.6 is 0 Å². The van der Waals surface area contributed by atoms with Gasteiger partial charge in [0.15, 0.2) is 5.76 Å². The summed E-state index contributed by atoms with van der Waals surface area (Å²) in [4.78, 5) is 38.2. The van der Waals surface area contributed by atoms with E-state index in [0.29, 0.717) is 23.9 Å². The predicted octanol–water partition coefficient (Wildman–Crippen LogP) is 1.90. The van der Waals surface area contributed by atoms with Gasteiger partial charge < -0.3 is 24.7 Å². The van der Waals surface area contributed by atoms with Crippen LogP contribution in [0.25, 0.3) is 0 Å². The zero-order valence-electron chi connectivity index (χ0n) is 15.6. The molecular weight excluding hydrogens is 362 g/mol. The Kier molecular flexibility index (Phi) is 6.31. The van der Waals surface area contributed by atoms with E-state index in [-0.39, 0.29) is 30.7 Å². The fourth-order valence-electron chi connectivity index (χ4n) is 2.68. The third-order valence-corrected chi connectivity index (χ3v) is 4.35. The van der Waals surface area contributed by atoms with Crippen molar-refractivity contribution in [3.8, 4) is 5.75 Å². The average Bonchev–Trinajstić information content (AvgIpc) is 3.35. The monoisotopic (exact) mass is 385 g/mol. The Labute approximate surface area is 162 Å². The van der Waals surface area contributed by atoms with E-state index in [1.807, 2.05) is 0 Å². The first-order valence-electron chi connectivity index (χ1n) is 9.08. The van der Waals surface area contributed by atoms with Crippen LogP contribution in [-0.4, -0.2) is 49.4 Å². The molecule has 8 heteroatoms. The Morgan fingerprint density at radius 1 is 1.14 bits per heavy atom. The molecule has 1 aliphatic carbocycles. The summed E-state index contributed by atoms with van der Waals surface area (Å²) in [6.45, 7) is 0.202. The van der Waals surface area contributed by atoms with Gasteiger partial charge in [-0.2, -0.15) is 0 Å². The second-order valence-electron chi connectivity index (χ2n) is 6.66. The van der Waals surface area contributed by atoms with Crippen LogP contribution in [-0.2, 0) is 9.59 Å². The number of ether oxygens (including phenoxy) is 1. The molecule has 0 radical (unpaired) electrons. The lowest BCUT2D eigenvalue weighted by Crippen LogP contribution is -2.43. The highest BCUT2D eigenvalue weighted by atomic mass is 16.5. The van der Waals surface area contributed by atoms with E-state index in [1.165, 1.54) is 11.2 Å². The van der Waals surface area contributed by atoms with Gasteiger partial charge in [0.25, 0.3) is 5.91 Å². The molecule has 2 N–H and O–H groups in total. The number of carbonyl (C=O) groups excluding carboxylic acids is 3. The highest BCUT2D eigenvalue weighted by Crippen LogP contribution is 2.30. The van der Waals surface area contributed by atoms with Gasteiger partial charge in [-0.3, -0.25) is 14.4 Å². The van der Waals surface area contributed by atoms with Crippen molar-refractivity contribution in [3.63, 3.8) is 0 Å². The zero-order valence-corrected chi connectivity index (χ0v) is 15.6. The summed E-state index contributed by atoms with van der Waals surface area (Å²) >= 11 is 0. The lowest BCUT2D eigenvalue weighted by atomic mass is 10.3. The standard InChI is InChI=1S/C20H23N3O5/c1-27-16-8-6-15(7-9-16)22-18(24)11-21-19(25)13-23(12-14-4-5-14)20(26)17-3-2-10-28-17/h2-3,6-10,14H,4-5,11-13H2,1H3,(H,21,25)(H,22,24). The molecule has 0 aliphatic heterocycles. The lowest BCUT2D eigenvalue weighted by Gasteiger charge is -2.21. The minimum Gasteiger partial charge on any atom is -0.497 e. The van der Waals surface area contributed by atoms with Crippen molar-refractivity contribution in [2.45, 2.75) is 12.8 Å². The summed E-state index contributed by atoms with van der Waals surface area (Å²) in [5, 5.41) is 5.23.